The molecule has 0 aliphatic rings. The van der Waals surface area contributed by atoms with Crippen LogP contribution in [0.15, 0.2) is 58.2 Å². The number of nitro groups is 1. The predicted octanol–water partition coefficient (Wildman–Crippen LogP) is 3.52. The summed E-state index contributed by atoms with van der Waals surface area (Å²) in [7, 11) is 0. The van der Waals surface area contributed by atoms with Crippen LogP contribution in [0.5, 0.6) is 0 Å². The van der Waals surface area contributed by atoms with Gasteiger partial charge in [0.25, 0.3) is 10.9 Å². The van der Waals surface area contributed by atoms with Crippen molar-refractivity contribution in [3.63, 3.8) is 0 Å². The number of aromatic nitrogens is 2. The second kappa shape index (κ2) is 6.49. The van der Waals surface area contributed by atoms with Crippen molar-refractivity contribution in [1.29, 1.82) is 0 Å². The zero-order valence-electron chi connectivity index (χ0n) is 11.9. The van der Waals surface area contributed by atoms with Gasteiger partial charge in [-0.05, 0) is 11.6 Å². The number of hydrogen-bond donors (Lipinski definition) is 1. The summed E-state index contributed by atoms with van der Waals surface area (Å²) in [6.07, 6.45) is 0. The molecule has 116 valence electrons. The first-order valence-corrected chi connectivity index (χ1v) is 7.66. The van der Waals surface area contributed by atoms with Crippen molar-refractivity contribution < 1.29 is 9.34 Å². The number of hydrogen-bond acceptors (Lipinski definition) is 7. The number of nitrogens with zero attached hydrogens (tertiary/aromatic N) is 3. The van der Waals surface area contributed by atoms with Crippen LogP contribution >= 0.6 is 11.8 Å². The fourth-order valence-electron chi connectivity index (χ4n) is 1.97. The van der Waals surface area contributed by atoms with Gasteiger partial charge in [0.15, 0.2) is 0 Å². The Morgan fingerprint density at radius 2 is 1.96 bits per heavy atom. The van der Waals surface area contributed by atoms with Gasteiger partial charge >= 0.3 is 0 Å². The average Bonchev–Trinajstić information content (AvgIpc) is 3.02. The predicted molar refractivity (Wildman–Crippen MR) is 86.8 cm³/mol. The highest BCUT2D eigenvalue weighted by atomic mass is 32.2. The number of benzene rings is 2. The van der Waals surface area contributed by atoms with Crippen molar-refractivity contribution in [2.24, 2.45) is 0 Å². The number of nitrogens with two attached hydrogens (primary N) is 1. The van der Waals surface area contributed by atoms with Gasteiger partial charge in [0.05, 0.1) is 4.92 Å². The molecule has 0 unspecified atom stereocenters. The van der Waals surface area contributed by atoms with E-state index in [4.69, 9.17) is 10.2 Å². The monoisotopic (exact) mass is 328 g/mol. The second-order valence-corrected chi connectivity index (χ2v) is 5.64. The molecule has 0 saturated carbocycles. The van der Waals surface area contributed by atoms with Gasteiger partial charge in [-0.1, -0.05) is 42.1 Å². The third-order valence-electron chi connectivity index (χ3n) is 3.01. The van der Waals surface area contributed by atoms with Gasteiger partial charge in [0.2, 0.25) is 5.89 Å². The highest BCUT2D eigenvalue weighted by molar-refractivity contribution is 7.98. The molecule has 0 spiro atoms. The number of anilines is 1. The Morgan fingerprint density at radius 3 is 2.70 bits per heavy atom. The molecule has 0 amide bonds. The van der Waals surface area contributed by atoms with Crippen molar-refractivity contribution in [1.82, 2.24) is 10.2 Å². The maximum Gasteiger partial charge on any atom is 0.277 e. The number of thioether (sulfide) groups is 1. The minimum absolute atomic E-state index is 0.114. The highest BCUT2D eigenvalue weighted by Gasteiger charge is 2.14. The molecule has 3 aromatic rings. The van der Waals surface area contributed by atoms with Crippen LogP contribution < -0.4 is 5.73 Å². The van der Waals surface area contributed by atoms with E-state index < -0.39 is 4.92 Å². The molecule has 2 aromatic carbocycles. The zero-order chi connectivity index (χ0) is 16.2. The molecule has 1 aromatic heterocycles. The van der Waals surface area contributed by atoms with Crippen LogP contribution in [0.4, 0.5) is 11.4 Å². The number of nitrogen functional groups attached to an aromatic ring is 1. The third kappa shape index (κ3) is 3.67. The summed E-state index contributed by atoms with van der Waals surface area (Å²) in [5, 5.41) is 19.1. The second-order valence-electron chi connectivity index (χ2n) is 4.72. The van der Waals surface area contributed by atoms with Crippen molar-refractivity contribution in [3.8, 4) is 11.5 Å². The Labute approximate surface area is 135 Å². The maximum absolute atomic E-state index is 10.9. The van der Waals surface area contributed by atoms with Crippen molar-refractivity contribution in [2.45, 2.75) is 11.0 Å². The molecule has 1 heterocycles. The Hall–Kier alpha value is -2.87. The Kier molecular flexibility index (Phi) is 4.24. The normalized spacial score (nSPS) is 10.6. The minimum atomic E-state index is -0.513. The molecular weight excluding hydrogens is 316 g/mol. The summed E-state index contributed by atoms with van der Waals surface area (Å²) in [4.78, 5) is 10.4. The molecule has 0 radical (unpaired) electrons. The molecule has 0 saturated heterocycles. The SMILES string of the molecule is Nc1cc(-c2nnc(SCc3ccccc3)o2)cc([N+](=O)[O-])c1. The molecular formula is C15H12N4O3S. The van der Waals surface area contributed by atoms with Crippen LogP contribution in [0, 0.1) is 10.1 Å². The fraction of sp³-hybridized carbons (Fsp3) is 0.0667. The maximum atomic E-state index is 10.9. The molecule has 0 bridgehead atoms. The first-order valence-electron chi connectivity index (χ1n) is 6.67. The first kappa shape index (κ1) is 15.0. The Bertz CT molecular complexity index is 836. The van der Waals surface area contributed by atoms with E-state index in [0.717, 1.165) is 5.56 Å². The lowest BCUT2D eigenvalue weighted by atomic mass is 10.2. The van der Waals surface area contributed by atoms with E-state index in [2.05, 4.69) is 10.2 Å². The topological polar surface area (TPSA) is 108 Å². The van der Waals surface area contributed by atoms with E-state index >= 15 is 0 Å². The smallest absolute Gasteiger partial charge is 0.277 e. The van der Waals surface area contributed by atoms with Gasteiger partial charge in [0, 0.05) is 29.1 Å². The highest BCUT2D eigenvalue weighted by Crippen LogP contribution is 2.29. The van der Waals surface area contributed by atoms with Gasteiger partial charge in [-0.25, -0.2) is 0 Å². The molecule has 0 atom stereocenters. The van der Waals surface area contributed by atoms with E-state index in [1.807, 2.05) is 30.3 Å². The lowest BCUT2D eigenvalue weighted by molar-refractivity contribution is -0.384. The lowest BCUT2D eigenvalue weighted by Gasteiger charge is -1.99. The summed E-state index contributed by atoms with van der Waals surface area (Å²) in [6, 6.07) is 14.1. The first-order chi connectivity index (χ1) is 11.1. The van der Waals surface area contributed by atoms with E-state index in [1.54, 1.807) is 6.07 Å². The molecule has 0 fully saturated rings. The molecule has 2 N–H and O–H groups in total. The van der Waals surface area contributed by atoms with E-state index in [-0.39, 0.29) is 17.3 Å². The van der Waals surface area contributed by atoms with Crippen LogP contribution in [0.25, 0.3) is 11.5 Å². The summed E-state index contributed by atoms with van der Waals surface area (Å²) in [5.41, 5.74) is 7.39. The standard InChI is InChI=1S/C15H12N4O3S/c16-12-6-11(7-13(8-12)19(20)21)14-17-18-15(22-14)23-9-10-4-2-1-3-5-10/h1-8H,9,16H2. The number of non-ortho nitro benzene ring substituents is 1. The van der Waals surface area contributed by atoms with E-state index in [1.165, 1.54) is 23.9 Å². The van der Waals surface area contributed by atoms with Crippen molar-refractivity contribution in [3.05, 3.63) is 64.2 Å². The summed E-state index contributed by atoms with van der Waals surface area (Å²) in [6.45, 7) is 0. The van der Waals surface area contributed by atoms with E-state index in [0.29, 0.717) is 16.5 Å². The zero-order valence-corrected chi connectivity index (χ0v) is 12.7. The van der Waals surface area contributed by atoms with Crippen LogP contribution in [-0.2, 0) is 5.75 Å². The fourth-order valence-corrected chi connectivity index (χ4v) is 2.69. The van der Waals surface area contributed by atoms with Crippen LogP contribution in [0.3, 0.4) is 0 Å². The molecule has 8 heteroatoms. The van der Waals surface area contributed by atoms with Crippen LogP contribution in [0.2, 0.25) is 0 Å². The largest absolute Gasteiger partial charge is 0.411 e. The molecule has 0 aliphatic heterocycles. The molecule has 23 heavy (non-hydrogen) atoms. The minimum Gasteiger partial charge on any atom is -0.411 e. The number of rotatable bonds is 5. The quantitative estimate of drug-likeness (QED) is 0.330. The van der Waals surface area contributed by atoms with E-state index in [9.17, 15) is 10.1 Å². The van der Waals surface area contributed by atoms with Crippen molar-refractivity contribution in [2.75, 3.05) is 5.73 Å². The van der Waals surface area contributed by atoms with Gasteiger partial charge in [-0.15, -0.1) is 10.2 Å². The van der Waals surface area contributed by atoms with Crippen molar-refractivity contribution >= 4 is 23.1 Å². The summed E-state index contributed by atoms with van der Waals surface area (Å²) < 4.78 is 5.54. The van der Waals surface area contributed by atoms with Gasteiger partial charge in [0.1, 0.15) is 0 Å². The molecule has 0 aliphatic carbocycles. The average molecular weight is 328 g/mol. The number of nitro benzene ring substituents is 1. The summed E-state index contributed by atoms with van der Waals surface area (Å²) in [5.74, 6) is 0.899. The molecule has 3 rings (SSSR count). The van der Waals surface area contributed by atoms with Gasteiger partial charge in [-0.3, -0.25) is 10.1 Å². The van der Waals surface area contributed by atoms with Crippen LogP contribution in [-0.4, -0.2) is 15.1 Å². The third-order valence-corrected chi connectivity index (χ3v) is 3.90. The Balaban J connectivity index is 1.78. The molecule has 7 nitrogen and oxygen atoms in total. The Morgan fingerprint density at radius 1 is 1.17 bits per heavy atom. The summed E-state index contributed by atoms with van der Waals surface area (Å²) >= 11 is 1.40. The van der Waals surface area contributed by atoms with Gasteiger partial charge in [-0.2, -0.15) is 0 Å². The van der Waals surface area contributed by atoms with Gasteiger partial charge < -0.3 is 10.2 Å². The van der Waals surface area contributed by atoms with Crippen LogP contribution in [0.1, 0.15) is 5.56 Å². The lowest BCUT2D eigenvalue weighted by Crippen LogP contribution is -1.92.